The lowest BCUT2D eigenvalue weighted by molar-refractivity contribution is 0.0680. The van der Waals surface area contributed by atoms with Crippen molar-refractivity contribution in [1.82, 2.24) is 14.8 Å². The number of hydrogen-bond acceptors (Lipinski definition) is 4. The molecule has 2 heterocycles. The molecule has 1 fully saturated rings. The molecule has 3 aromatic rings. The third-order valence-electron chi connectivity index (χ3n) is 6.63. The zero-order valence-electron chi connectivity index (χ0n) is 20.2. The van der Waals surface area contributed by atoms with Crippen LogP contribution in [-0.2, 0) is 6.54 Å². The van der Waals surface area contributed by atoms with Crippen molar-refractivity contribution in [2.45, 2.75) is 33.2 Å². The van der Waals surface area contributed by atoms with Crippen LogP contribution in [0.1, 0.15) is 41.4 Å². The molecule has 0 radical (unpaired) electrons. The number of ether oxygens (including phenoxy) is 2. The molecule has 1 amide bonds. The fraction of sp³-hybridized carbons (Fsp3) is 0.444. The number of aryl methyl sites for hydroxylation is 1. The van der Waals surface area contributed by atoms with Crippen LogP contribution < -0.4 is 9.47 Å². The average molecular weight is 450 g/mol. The first-order valence-corrected chi connectivity index (χ1v) is 11.8. The molecular formula is C27H35N3O3. The van der Waals surface area contributed by atoms with E-state index in [0.29, 0.717) is 29.7 Å². The van der Waals surface area contributed by atoms with E-state index in [4.69, 9.17) is 9.47 Å². The second-order valence-corrected chi connectivity index (χ2v) is 9.05. The first-order valence-electron chi connectivity index (χ1n) is 11.8. The Morgan fingerprint density at radius 1 is 1.12 bits per heavy atom. The van der Waals surface area contributed by atoms with E-state index in [1.165, 1.54) is 17.5 Å². The summed E-state index contributed by atoms with van der Waals surface area (Å²) in [5.74, 6) is 1.83. The minimum absolute atomic E-state index is 0.0438. The van der Waals surface area contributed by atoms with E-state index in [0.717, 1.165) is 43.5 Å². The van der Waals surface area contributed by atoms with Crippen LogP contribution in [0.25, 0.3) is 10.9 Å². The molecule has 1 aliphatic rings. The van der Waals surface area contributed by atoms with E-state index in [9.17, 15) is 4.79 Å². The standard InChI is InChI=1S/C27H35N3O3/c1-5-30(18-21-7-6-12-29(17-21)16-20-10-8-19(2)9-11-20)27(31)24-13-22-14-25(32-3)26(33-4)15-23(22)28-24/h8-11,13-15,21,28H,5-7,12,16-18H2,1-4H3. The van der Waals surface area contributed by atoms with Crippen LogP contribution in [0.3, 0.4) is 0 Å². The number of carbonyl (C=O) groups excluding carboxylic acids is 1. The third-order valence-corrected chi connectivity index (χ3v) is 6.63. The van der Waals surface area contributed by atoms with Gasteiger partial charge in [0.25, 0.3) is 5.91 Å². The Bertz CT molecular complexity index is 1050. The minimum atomic E-state index is 0.0438. The van der Waals surface area contributed by atoms with Gasteiger partial charge in [-0.15, -0.1) is 0 Å². The van der Waals surface area contributed by atoms with E-state index < -0.39 is 0 Å². The Kier molecular flexibility index (Phi) is 7.23. The quantitative estimate of drug-likeness (QED) is 0.533. The highest BCUT2D eigenvalue weighted by molar-refractivity contribution is 5.98. The van der Waals surface area contributed by atoms with Crippen molar-refractivity contribution in [2.75, 3.05) is 40.4 Å². The average Bonchev–Trinajstić information content (AvgIpc) is 3.26. The van der Waals surface area contributed by atoms with Gasteiger partial charge in [-0.2, -0.15) is 0 Å². The van der Waals surface area contributed by atoms with Crippen molar-refractivity contribution in [2.24, 2.45) is 5.92 Å². The number of aromatic amines is 1. The number of nitrogens with one attached hydrogen (secondary N) is 1. The Hall–Kier alpha value is -2.99. The predicted molar refractivity (Wildman–Crippen MR) is 132 cm³/mol. The number of rotatable bonds is 8. The van der Waals surface area contributed by atoms with Gasteiger partial charge in [0.05, 0.1) is 14.2 Å². The zero-order valence-corrected chi connectivity index (χ0v) is 20.2. The normalized spacial score (nSPS) is 16.7. The molecule has 1 N–H and O–H groups in total. The SMILES string of the molecule is CCN(CC1CCCN(Cc2ccc(C)cc2)C1)C(=O)c1cc2cc(OC)c(OC)cc2[nH]1. The zero-order chi connectivity index (χ0) is 23.4. The van der Waals surface area contributed by atoms with Gasteiger partial charge in [0.2, 0.25) is 0 Å². The molecule has 6 heteroatoms. The lowest BCUT2D eigenvalue weighted by Crippen LogP contribution is -2.42. The summed E-state index contributed by atoms with van der Waals surface area (Å²) in [6, 6.07) is 14.5. The molecule has 0 saturated carbocycles. The molecule has 0 bridgehead atoms. The maximum atomic E-state index is 13.4. The number of benzene rings is 2. The molecule has 2 aromatic carbocycles. The fourth-order valence-electron chi connectivity index (χ4n) is 4.81. The van der Waals surface area contributed by atoms with Crippen molar-refractivity contribution >= 4 is 16.8 Å². The number of methoxy groups -OCH3 is 2. The van der Waals surface area contributed by atoms with Gasteiger partial charge in [-0.1, -0.05) is 29.8 Å². The molecule has 33 heavy (non-hydrogen) atoms. The van der Waals surface area contributed by atoms with Crippen LogP contribution in [0, 0.1) is 12.8 Å². The lowest BCUT2D eigenvalue weighted by Gasteiger charge is -2.35. The molecule has 0 spiro atoms. The summed E-state index contributed by atoms with van der Waals surface area (Å²) in [6.07, 6.45) is 2.34. The summed E-state index contributed by atoms with van der Waals surface area (Å²) in [5.41, 5.74) is 4.12. The van der Waals surface area contributed by atoms with Crippen molar-refractivity contribution in [1.29, 1.82) is 0 Å². The smallest absolute Gasteiger partial charge is 0.270 e. The monoisotopic (exact) mass is 449 g/mol. The maximum Gasteiger partial charge on any atom is 0.270 e. The first-order chi connectivity index (χ1) is 16.0. The molecule has 1 atom stereocenters. The highest BCUT2D eigenvalue weighted by atomic mass is 16.5. The lowest BCUT2D eigenvalue weighted by atomic mass is 9.96. The van der Waals surface area contributed by atoms with Crippen molar-refractivity contribution in [3.63, 3.8) is 0 Å². The van der Waals surface area contributed by atoms with Crippen molar-refractivity contribution in [3.05, 3.63) is 59.3 Å². The molecule has 1 unspecified atom stereocenters. The maximum absolute atomic E-state index is 13.4. The summed E-state index contributed by atoms with van der Waals surface area (Å²) >= 11 is 0. The topological polar surface area (TPSA) is 57.8 Å². The molecular weight excluding hydrogens is 414 g/mol. The largest absolute Gasteiger partial charge is 0.493 e. The van der Waals surface area contributed by atoms with Crippen LogP contribution in [0.4, 0.5) is 0 Å². The van der Waals surface area contributed by atoms with Gasteiger partial charge in [0.15, 0.2) is 11.5 Å². The number of nitrogens with zero attached hydrogens (tertiary/aromatic N) is 2. The summed E-state index contributed by atoms with van der Waals surface area (Å²) in [4.78, 5) is 21.1. The van der Waals surface area contributed by atoms with Crippen LogP contribution in [0.15, 0.2) is 42.5 Å². The number of amides is 1. The highest BCUT2D eigenvalue weighted by Gasteiger charge is 2.25. The Morgan fingerprint density at radius 2 is 1.85 bits per heavy atom. The molecule has 176 valence electrons. The van der Waals surface area contributed by atoms with Crippen molar-refractivity contribution in [3.8, 4) is 11.5 Å². The molecule has 4 rings (SSSR count). The summed E-state index contributed by atoms with van der Waals surface area (Å²) in [5, 5.41) is 0.939. The second-order valence-electron chi connectivity index (χ2n) is 9.05. The van der Waals surface area contributed by atoms with E-state index in [1.54, 1.807) is 14.2 Å². The number of aromatic nitrogens is 1. The van der Waals surface area contributed by atoms with Gasteiger partial charge in [-0.05, 0) is 56.8 Å². The van der Waals surface area contributed by atoms with E-state index in [1.807, 2.05) is 23.1 Å². The first kappa shape index (κ1) is 23.2. The van der Waals surface area contributed by atoms with Gasteiger partial charge in [-0.25, -0.2) is 0 Å². The van der Waals surface area contributed by atoms with E-state index in [2.05, 4.69) is 48.0 Å². The predicted octanol–water partition coefficient (Wildman–Crippen LogP) is 4.87. The third kappa shape index (κ3) is 5.33. The van der Waals surface area contributed by atoms with Gasteiger partial charge in [0, 0.05) is 43.1 Å². The summed E-state index contributed by atoms with van der Waals surface area (Å²) in [7, 11) is 3.23. The number of piperidine rings is 1. The van der Waals surface area contributed by atoms with Crippen molar-refractivity contribution < 1.29 is 14.3 Å². The Morgan fingerprint density at radius 3 is 2.55 bits per heavy atom. The van der Waals surface area contributed by atoms with Gasteiger partial charge >= 0.3 is 0 Å². The van der Waals surface area contributed by atoms with E-state index in [-0.39, 0.29) is 5.91 Å². The molecule has 1 aromatic heterocycles. The number of carbonyl (C=O) groups is 1. The molecule has 1 saturated heterocycles. The molecule has 0 aliphatic carbocycles. The number of fused-ring (bicyclic) bond motifs is 1. The number of likely N-dealkylation sites (tertiary alicyclic amines) is 1. The molecule has 6 nitrogen and oxygen atoms in total. The summed E-state index contributed by atoms with van der Waals surface area (Å²) < 4.78 is 10.8. The highest BCUT2D eigenvalue weighted by Crippen LogP contribution is 2.32. The fourth-order valence-corrected chi connectivity index (χ4v) is 4.81. The number of hydrogen-bond donors (Lipinski definition) is 1. The Labute approximate surface area is 196 Å². The van der Waals surface area contributed by atoms with Gasteiger partial charge < -0.3 is 19.4 Å². The minimum Gasteiger partial charge on any atom is -0.493 e. The van der Waals surface area contributed by atoms with E-state index >= 15 is 0 Å². The van der Waals surface area contributed by atoms with Crippen LogP contribution in [-0.4, -0.2) is 61.1 Å². The molecule has 1 aliphatic heterocycles. The van der Waals surface area contributed by atoms with Crippen LogP contribution in [0.5, 0.6) is 11.5 Å². The van der Waals surface area contributed by atoms with Crippen LogP contribution in [0.2, 0.25) is 0 Å². The summed E-state index contributed by atoms with van der Waals surface area (Å²) in [6.45, 7) is 8.77. The second kappa shape index (κ2) is 10.3. The van der Waals surface area contributed by atoms with Crippen LogP contribution >= 0.6 is 0 Å². The number of H-pyrrole nitrogens is 1. The van der Waals surface area contributed by atoms with Gasteiger partial charge in [-0.3, -0.25) is 9.69 Å². The van der Waals surface area contributed by atoms with Gasteiger partial charge in [0.1, 0.15) is 5.69 Å². The Balaban J connectivity index is 1.43.